The van der Waals surface area contributed by atoms with Crippen LogP contribution in [0.2, 0.25) is 0 Å². The number of aromatic nitrogens is 2. The lowest BCUT2D eigenvalue weighted by atomic mass is 10.1. The molecule has 1 aromatic heterocycles. The van der Waals surface area contributed by atoms with Crippen LogP contribution in [0.1, 0.15) is 30.6 Å². The fourth-order valence-electron chi connectivity index (χ4n) is 1.86. The normalized spacial score (nSPS) is 10.9. The zero-order valence-electron chi connectivity index (χ0n) is 11.7. The molecule has 0 spiro atoms. The summed E-state index contributed by atoms with van der Waals surface area (Å²) in [5.74, 6) is -1.25. The van der Waals surface area contributed by atoms with E-state index in [2.05, 4.69) is 10.1 Å². The minimum atomic E-state index is -0.768. The van der Waals surface area contributed by atoms with E-state index in [4.69, 9.17) is 15.0 Å². The summed E-state index contributed by atoms with van der Waals surface area (Å²) in [6.07, 6.45) is 1.93. The van der Waals surface area contributed by atoms with Crippen LogP contribution >= 0.6 is 0 Å². The van der Waals surface area contributed by atoms with Gasteiger partial charge in [-0.2, -0.15) is 4.98 Å². The van der Waals surface area contributed by atoms with Gasteiger partial charge in [-0.25, -0.2) is 8.78 Å². The monoisotopic (exact) mass is 297 g/mol. The Morgan fingerprint density at radius 2 is 1.95 bits per heavy atom. The van der Waals surface area contributed by atoms with Crippen molar-refractivity contribution >= 4 is 0 Å². The van der Waals surface area contributed by atoms with Crippen molar-refractivity contribution in [3.8, 4) is 5.75 Å². The van der Waals surface area contributed by atoms with Crippen LogP contribution in [-0.2, 0) is 19.4 Å². The first-order valence-electron chi connectivity index (χ1n) is 6.76. The Bertz CT molecular complexity index is 579. The summed E-state index contributed by atoms with van der Waals surface area (Å²) in [7, 11) is 0. The summed E-state index contributed by atoms with van der Waals surface area (Å²) in [4.78, 5) is 4.06. The number of hydrogen-bond donors (Lipinski definition) is 1. The van der Waals surface area contributed by atoms with Gasteiger partial charge in [0.15, 0.2) is 24.0 Å². The van der Waals surface area contributed by atoms with Gasteiger partial charge in [0.1, 0.15) is 0 Å². The molecule has 0 radical (unpaired) electrons. The van der Waals surface area contributed by atoms with Crippen LogP contribution in [-0.4, -0.2) is 16.7 Å². The van der Waals surface area contributed by atoms with E-state index in [1.807, 2.05) is 6.92 Å². The van der Waals surface area contributed by atoms with Crippen molar-refractivity contribution in [3.63, 3.8) is 0 Å². The van der Waals surface area contributed by atoms with E-state index in [1.54, 1.807) is 0 Å². The number of halogens is 2. The third-order valence-corrected chi connectivity index (χ3v) is 2.81. The van der Waals surface area contributed by atoms with Crippen LogP contribution < -0.4 is 10.5 Å². The van der Waals surface area contributed by atoms with Gasteiger partial charge >= 0.3 is 0 Å². The van der Waals surface area contributed by atoms with Crippen molar-refractivity contribution in [2.45, 2.75) is 32.8 Å². The van der Waals surface area contributed by atoms with Crippen LogP contribution in [0.4, 0.5) is 8.78 Å². The van der Waals surface area contributed by atoms with Crippen molar-refractivity contribution in [1.82, 2.24) is 10.1 Å². The molecule has 0 unspecified atom stereocenters. The highest BCUT2D eigenvalue weighted by molar-refractivity contribution is 5.31. The largest absolute Gasteiger partial charge is 0.479 e. The standard InChI is InChI=1S/C14H17F2N3O2/c1-2-3-13-18-12(19-21-13)8-20-14-10(15)6-9(4-5-17)7-11(14)16/h6-7H,2-5,8,17H2,1H3. The highest BCUT2D eigenvalue weighted by atomic mass is 19.1. The van der Waals surface area contributed by atoms with Crippen molar-refractivity contribution in [2.75, 3.05) is 6.54 Å². The van der Waals surface area contributed by atoms with Crippen molar-refractivity contribution < 1.29 is 18.0 Å². The first-order valence-corrected chi connectivity index (χ1v) is 6.76. The number of rotatable bonds is 7. The fourth-order valence-corrected chi connectivity index (χ4v) is 1.86. The highest BCUT2D eigenvalue weighted by Gasteiger charge is 2.14. The number of ether oxygens (including phenoxy) is 1. The lowest BCUT2D eigenvalue weighted by molar-refractivity contribution is 0.259. The topological polar surface area (TPSA) is 74.2 Å². The number of hydrogen-bond acceptors (Lipinski definition) is 5. The summed E-state index contributed by atoms with van der Waals surface area (Å²) in [5.41, 5.74) is 5.85. The molecular formula is C14H17F2N3O2. The Labute approximate surface area is 121 Å². The third kappa shape index (κ3) is 3.98. The molecule has 0 aliphatic rings. The van der Waals surface area contributed by atoms with E-state index in [1.165, 1.54) is 12.1 Å². The number of benzene rings is 1. The zero-order valence-corrected chi connectivity index (χ0v) is 11.7. The van der Waals surface area contributed by atoms with Crippen LogP contribution in [0.15, 0.2) is 16.7 Å². The number of nitrogens with two attached hydrogens (primary N) is 1. The summed E-state index contributed by atoms with van der Waals surface area (Å²) in [6, 6.07) is 2.42. The molecule has 0 amide bonds. The summed E-state index contributed by atoms with van der Waals surface area (Å²) >= 11 is 0. The molecule has 0 fully saturated rings. The Morgan fingerprint density at radius 1 is 1.24 bits per heavy atom. The third-order valence-electron chi connectivity index (χ3n) is 2.81. The number of nitrogens with zero attached hydrogens (tertiary/aromatic N) is 2. The maximum absolute atomic E-state index is 13.8. The van der Waals surface area contributed by atoms with Crippen LogP contribution in [0.5, 0.6) is 5.75 Å². The zero-order chi connectivity index (χ0) is 15.2. The molecule has 2 rings (SSSR count). The molecule has 1 aromatic carbocycles. The molecule has 2 N–H and O–H groups in total. The van der Waals surface area contributed by atoms with E-state index in [0.29, 0.717) is 30.8 Å². The minimum Gasteiger partial charge on any atom is -0.479 e. The summed E-state index contributed by atoms with van der Waals surface area (Å²) < 4.78 is 37.7. The van der Waals surface area contributed by atoms with E-state index < -0.39 is 17.4 Å². The quantitative estimate of drug-likeness (QED) is 0.849. The molecule has 21 heavy (non-hydrogen) atoms. The molecule has 5 nitrogen and oxygen atoms in total. The molecule has 0 bridgehead atoms. The van der Waals surface area contributed by atoms with E-state index in [0.717, 1.165) is 6.42 Å². The van der Waals surface area contributed by atoms with Gasteiger partial charge in [-0.3, -0.25) is 0 Å². The predicted molar refractivity (Wildman–Crippen MR) is 71.7 cm³/mol. The van der Waals surface area contributed by atoms with Crippen LogP contribution in [0.25, 0.3) is 0 Å². The van der Waals surface area contributed by atoms with Gasteiger partial charge in [-0.05, 0) is 37.1 Å². The van der Waals surface area contributed by atoms with Gasteiger partial charge in [-0.15, -0.1) is 0 Å². The van der Waals surface area contributed by atoms with Crippen molar-refractivity contribution in [2.24, 2.45) is 5.73 Å². The Balaban J connectivity index is 2.05. The lowest BCUT2D eigenvalue weighted by Crippen LogP contribution is -2.06. The van der Waals surface area contributed by atoms with E-state index >= 15 is 0 Å². The Hall–Kier alpha value is -2.02. The maximum Gasteiger partial charge on any atom is 0.226 e. The second kappa shape index (κ2) is 7.12. The van der Waals surface area contributed by atoms with Gasteiger partial charge in [0.25, 0.3) is 0 Å². The molecule has 0 aliphatic heterocycles. The van der Waals surface area contributed by atoms with Gasteiger partial charge < -0.3 is 15.0 Å². The Morgan fingerprint density at radius 3 is 2.57 bits per heavy atom. The molecule has 7 heteroatoms. The SMILES string of the molecule is CCCc1nc(COc2c(F)cc(CCN)cc2F)no1. The molecule has 0 saturated carbocycles. The molecule has 1 heterocycles. The second-order valence-corrected chi connectivity index (χ2v) is 4.57. The summed E-state index contributed by atoms with van der Waals surface area (Å²) in [6.45, 7) is 2.15. The first kappa shape index (κ1) is 15.4. The number of aryl methyl sites for hydroxylation is 1. The lowest BCUT2D eigenvalue weighted by Gasteiger charge is -2.08. The molecule has 0 aliphatic carbocycles. The second-order valence-electron chi connectivity index (χ2n) is 4.57. The summed E-state index contributed by atoms with van der Waals surface area (Å²) in [5, 5.41) is 3.68. The molecule has 114 valence electrons. The minimum absolute atomic E-state index is 0.155. The van der Waals surface area contributed by atoms with Crippen molar-refractivity contribution in [1.29, 1.82) is 0 Å². The van der Waals surface area contributed by atoms with Gasteiger partial charge in [0, 0.05) is 6.42 Å². The fraction of sp³-hybridized carbons (Fsp3) is 0.429. The first-order chi connectivity index (χ1) is 10.1. The van der Waals surface area contributed by atoms with Crippen molar-refractivity contribution in [3.05, 3.63) is 41.0 Å². The van der Waals surface area contributed by atoms with E-state index in [9.17, 15) is 8.78 Å². The van der Waals surface area contributed by atoms with Gasteiger partial charge in [0.05, 0.1) is 0 Å². The van der Waals surface area contributed by atoms with Crippen LogP contribution in [0, 0.1) is 11.6 Å². The highest BCUT2D eigenvalue weighted by Crippen LogP contribution is 2.24. The maximum atomic E-state index is 13.8. The smallest absolute Gasteiger partial charge is 0.226 e. The Kier molecular flexibility index (Phi) is 5.21. The van der Waals surface area contributed by atoms with Gasteiger partial charge in [-0.1, -0.05) is 12.1 Å². The molecule has 0 saturated heterocycles. The molecule has 0 atom stereocenters. The average Bonchev–Trinajstić information content (AvgIpc) is 2.86. The van der Waals surface area contributed by atoms with Crippen LogP contribution in [0.3, 0.4) is 0 Å². The van der Waals surface area contributed by atoms with Gasteiger partial charge in [0.2, 0.25) is 11.7 Å². The molecular weight excluding hydrogens is 280 g/mol. The average molecular weight is 297 g/mol. The molecule has 2 aromatic rings. The van der Waals surface area contributed by atoms with E-state index in [-0.39, 0.29) is 12.4 Å². The predicted octanol–water partition coefficient (Wildman–Crippen LogP) is 2.38.